The molecule has 0 unspecified atom stereocenters. The number of aromatic nitrogens is 3. The lowest BCUT2D eigenvalue weighted by molar-refractivity contribution is 0.0526. The van der Waals surface area contributed by atoms with Gasteiger partial charge in [0.2, 0.25) is 17.2 Å². The standard InChI is InChI=1S/C16H20ClN5O2S/c1-3-18-15-20-14(17)21-16(22-15)19-12-11(13(23)24-4-2)9-7-5-6-8-10(9)25-12/h3-8H2,1-2H3,(H2,18,19,20,21,22). The molecule has 0 amide bonds. The zero-order valence-corrected chi connectivity index (χ0v) is 15.8. The summed E-state index contributed by atoms with van der Waals surface area (Å²) in [5.41, 5.74) is 1.69. The maximum absolute atomic E-state index is 12.5. The highest BCUT2D eigenvalue weighted by Gasteiger charge is 2.27. The second-order valence-corrected chi connectivity index (χ2v) is 6.99. The summed E-state index contributed by atoms with van der Waals surface area (Å²) in [5, 5.41) is 6.94. The van der Waals surface area contributed by atoms with Crippen molar-refractivity contribution in [1.29, 1.82) is 0 Å². The van der Waals surface area contributed by atoms with E-state index in [1.807, 2.05) is 6.92 Å². The first-order chi connectivity index (χ1) is 12.1. The number of carbonyl (C=O) groups excluding carboxylic acids is 1. The first-order valence-corrected chi connectivity index (χ1v) is 9.56. The van der Waals surface area contributed by atoms with Crippen molar-refractivity contribution in [3.05, 3.63) is 21.3 Å². The summed E-state index contributed by atoms with van der Waals surface area (Å²) in [6, 6.07) is 0. The number of ether oxygens (including phenoxy) is 1. The molecule has 0 fully saturated rings. The van der Waals surface area contributed by atoms with Gasteiger partial charge in [0.25, 0.3) is 0 Å². The fourth-order valence-electron chi connectivity index (χ4n) is 2.82. The second kappa shape index (κ2) is 7.97. The number of thiophene rings is 1. The van der Waals surface area contributed by atoms with Crippen LogP contribution in [0.3, 0.4) is 0 Å². The highest BCUT2D eigenvalue weighted by atomic mass is 35.5. The minimum absolute atomic E-state index is 0.0902. The van der Waals surface area contributed by atoms with Gasteiger partial charge >= 0.3 is 5.97 Å². The van der Waals surface area contributed by atoms with Crippen LogP contribution in [0.1, 0.15) is 47.5 Å². The molecule has 0 bridgehead atoms. The molecule has 2 aromatic heterocycles. The van der Waals surface area contributed by atoms with Gasteiger partial charge < -0.3 is 15.4 Å². The molecular formula is C16H20ClN5O2S. The van der Waals surface area contributed by atoms with Gasteiger partial charge in [-0.15, -0.1) is 11.3 Å². The number of hydrogen-bond acceptors (Lipinski definition) is 8. The number of anilines is 3. The first-order valence-electron chi connectivity index (χ1n) is 8.36. The predicted molar refractivity (Wildman–Crippen MR) is 99.2 cm³/mol. The van der Waals surface area contributed by atoms with Crippen LogP contribution < -0.4 is 10.6 Å². The molecule has 0 radical (unpaired) electrons. The van der Waals surface area contributed by atoms with E-state index in [9.17, 15) is 4.79 Å². The van der Waals surface area contributed by atoms with Crippen LogP contribution >= 0.6 is 22.9 Å². The fourth-order valence-corrected chi connectivity index (χ4v) is 4.25. The van der Waals surface area contributed by atoms with Crippen molar-refractivity contribution in [2.45, 2.75) is 39.5 Å². The van der Waals surface area contributed by atoms with Gasteiger partial charge in [-0.05, 0) is 56.7 Å². The first kappa shape index (κ1) is 17.9. The quantitative estimate of drug-likeness (QED) is 0.735. The van der Waals surface area contributed by atoms with Crippen LogP contribution in [0, 0.1) is 0 Å². The van der Waals surface area contributed by atoms with E-state index in [0.717, 1.165) is 31.2 Å². The van der Waals surface area contributed by atoms with E-state index < -0.39 is 0 Å². The summed E-state index contributed by atoms with van der Waals surface area (Å²) >= 11 is 7.53. The summed E-state index contributed by atoms with van der Waals surface area (Å²) in [4.78, 5) is 26.1. The zero-order valence-electron chi connectivity index (χ0n) is 14.2. The van der Waals surface area contributed by atoms with E-state index in [2.05, 4.69) is 25.6 Å². The van der Waals surface area contributed by atoms with Crippen LogP contribution in [0.4, 0.5) is 16.9 Å². The van der Waals surface area contributed by atoms with E-state index in [1.165, 1.54) is 4.88 Å². The zero-order chi connectivity index (χ0) is 17.8. The highest BCUT2D eigenvalue weighted by molar-refractivity contribution is 7.16. The van der Waals surface area contributed by atoms with Gasteiger partial charge in [0.1, 0.15) is 5.00 Å². The Bertz CT molecular complexity index is 780. The number of carbonyl (C=O) groups is 1. The molecule has 2 N–H and O–H groups in total. The minimum Gasteiger partial charge on any atom is -0.462 e. The molecule has 3 rings (SSSR count). The molecule has 0 spiro atoms. The van der Waals surface area contributed by atoms with E-state index in [-0.39, 0.29) is 11.3 Å². The van der Waals surface area contributed by atoms with E-state index in [4.69, 9.17) is 16.3 Å². The number of esters is 1. The van der Waals surface area contributed by atoms with E-state index in [1.54, 1.807) is 18.3 Å². The number of hydrogen-bond donors (Lipinski definition) is 2. The van der Waals surface area contributed by atoms with Gasteiger partial charge in [0.15, 0.2) is 0 Å². The molecule has 0 saturated heterocycles. The molecule has 2 heterocycles. The monoisotopic (exact) mass is 381 g/mol. The number of aryl methyl sites for hydroxylation is 1. The average Bonchev–Trinajstić information content (AvgIpc) is 2.92. The van der Waals surface area contributed by atoms with Crippen LogP contribution in [0.5, 0.6) is 0 Å². The summed E-state index contributed by atoms with van der Waals surface area (Å²) in [7, 11) is 0. The molecule has 1 aliphatic rings. The van der Waals surface area contributed by atoms with Crippen LogP contribution in [0.25, 0.3) is 0 Å². The van der Waals surface area contributed by atoms with E-state index in [0.29, 0.717) is 35.6 Å². The summed E-state index contributed by atoms with van der Waals surface area (Å²) < 4.78 is 5.25. The molecular weight excluding hydrogens is 362 g/mol. The van der Waals surface area contributed by atoms with Crippen LogP contribution in [0.15, 0.2) is 0 Å². The molecule has 0 aromatic carbocycles. The van der Waals surface area contributed by atoms with Crippen molar-refractivity contribution in [1.82, 2.24) is 15.0 Å². The fraction of sp³-hybridized carbons (Fsp3) is 0.500. The lowest BCUT2D eigenvalue weighted by atomic mass is 9.95. The Labute approximate surface area is 155 Å². The lowest BCUT2D eigenvalue weighted by Crippen LogP contribution is -2.12. The third-order valence-electron chi connectivity index (χ3n) is 3.82. The molecule has 7 nitrogen and oxygen atoms in total. The number of halogens is 1. The van der Waals surface area contributed by atoms with Gasteiger partial charge in [-0.25, -0.2) is 4.79 Å². The number of nitrogens with one attached hydrogen (secondary N) is 2. The lowest BCUT2D eigenvalue weighted by Gasteiger charge is -2.12. The van der Waals surface area contributed by atoms with Crippen molar-refractivity contribution >= 4 is 45.8 Å². The van der Waals surface area contributed by atoms with Gasteiger partial charge in [-0.1, -0.05) is 0 Å². The Morgan fingerprint density at radius 1 is 1.20 bits per heavy atom. The molecule has 134 valence electrons. The maximum atomic E-state index is 12.5. The average molecular weight is 382 g/mol. The molecule has 0 atom stereocenters. The summed E-state index contributed by atoms with van der Waals surface area (Å²) in [5.74, 6) is 0.389. The third kappa shape index (κ3) is 4.01. The Morgan fingerprint density at radius 2 is 1.96 bits per heavy atom. The Balaban J connectivity index is 1.97. The smallest absolute Gasteiger partial charge is 0.341 e. The topological polar surface area (TPSA) is 89.0 Å². The molecule has 0 saturated carbocycles. The molecule has 1 aliphatic carbocycles. The van der Waals surface area contributed by atoms with E-state index >= 15 is 0 Å². The molecule has 9 heteroatoms. The summed E-state index contributed by atoms with van der Waals surface area (Å²) in [6.45, 7) is 4.75. The highest BCUT2D eigenvalue weighted by Crippen LogP contribution is 2.39. The van der Waals surface area contributed by atoms with Crippen molar-refractivity contribution in [2.24, 2.45) is 0 Å². The van der Waals surface area contributed by atoms with Crippen LogP contribution in [-0.4, -0.2) is 34.1 Å². The summed E-state index contributed by atoms with van der Waals surface area (Å²) in [6.07, 6.45) is 4.09. The van der Waals surface area contributed by atoms with Gasteiger partial charge in [0.05, 0.1) is 12.2 Å². The molecule has 25 heavy (non-hydrogen) atoms. The van der Waals surface area contributed by atoms with Crippen LogP contribution in [0.2, 0.25) is 5.28 Å². The van der Waals surface area contributed by atoms with Gasteiger partial charge in [0, 0.05) is 11.4 Å². The van der Waals surface area contributed by atoms with Crippen LogP contribution in [-0.2, 0) is 17.6 Å². The Kier molecular flexibility index (Phi) is 5.70. The Hall–Kier alpha value is -1.93. The third-order valence-corrected chi connectivity index (χ3v) is 5.20. The van der Waals surface area contributed by atoms with Gasteiger partial charge in [-0.2, -0.15) is 15.0 Å². The maximum Gasteiger partial charge on any atom is 0.341 e. The molecule has 0 aliphatic heterocycles. The predicted octanol–water partition coefficient (Wildman–Crippen LogP) is 3.82. The van der Waals surface area contributed by atoms with Crippen molar-refractivity contribution in [2.75, 3.05) is 23.8 Å². The SMILES string of the molecule is CCNc1nc(Cl)nc(Nc2sc3c(c2C(=O)OCC)CCCC3)n1. The van der Waals surface area contributed by atoms with Crippen molar-refractivity contribution < 1.29 is 9.53 Å². The Morgan fingerprint density at radius 3 is 2.72 bits per heavy atom. The number of rotatable bonds is 6. The van der Waals surface area contributed by atoms with Crippen molar-refractivity contribution in [3.63, 3.8) is 0 Å². The second-order valence-electron chi connectivity index (χ2n) is 5.54. The van der Waals surface area contributed by atoms with Crippen molar-refractivity contribution in [3.8, 4) is 0 Å². The minimum atomic E-state index is -0.309. The number of nitrogens with zero attached hydrogens (tertiary/aromatic N) is 3. The number of fused-ring (bicyclic) bond motifs is 1. The van der Waals surface area contributed by atoms with Gasteiger partial charge in [-0.3, -0.25) is 0 Å². The largest absolute Gasteiger partial charge is 0.462 e. The normalized spacial score (nSPS) is 13.2. The molecule has 2 aromatic rings.